The van der Waals surface area contributed by atoms with Gasteiger partial charge in [-0.1, -0.05) is 48.5 Å². The lowest BCUT2D eigenvalue weighted by Gasteiger charge is -2.24. The molecule has 0 bridgehead atoms. The van der Waals surface area contributed by atoms with E-state index in [1.165, 1.54) is 0 Å². The summed E-state index contributed by atoms with van der Waals surface area (Å²) in [5, 5.41) is 0.863. The second kappa shape index (κ2) is 10.1. The van der Waals surface area contributed by atoms with E-state index in [4.69, 9.17) is 14.5 Å². The number of amidine groups is 1. The molecule has 2 aromatic rings. The average Bonchev–Trinajstić information content (AvgIpc) is 3.21. The maximum Gasteiger partial charge on any atom is 0.337 e. The zero-order valence-electron chi connectivity index (χ0n) is 18.6. The first kappa shape index (κ1) is 22.2. The number of hydrogen-bond donors (Lipinski definition) is 0. The lowest BCUT2D eigenvalue weighted by molar-refractivity contribution is -0.139. The zero-order chi connectivity index (χ0) is 22.5. The van der Waals surface area contributed by atoms with Gasteiger partial charge in [0.2, 0.25) is 0 Å². The molecule has 6 nitrogen and oxygen atoms in total. The number of aliphatic imine (C=N–C) groups is 1. The highest BCUT2D eigenvalue weighted by atomic mass is 32.2. The summed E-state index contributed by atoms with van der Waals surface area (Å²) in [4.78, 5) is 22.9. The van der Waals surface area contributed by atoms with Gasteiger partial charge < -0.3 is 19.3 Å². The Morgan fingerprint density at radius 1 is 1.12 bits per heavy atom. The third-order valence-corrected chi connectivity index (χ3v) is 6.29. The number of thioether (sulfide) groups is 1. The van der Waals surface area contributed by atoms with E-state index in [1.54, 1.807) is 18.9 Å². The molecule has 2 heterocycles. The van der Waals surface area contributed by atoms with Gasteiger partial charge >= 0.3 is 5.97 Å². The first-order chi connectivity index (χ1) is 15.5. The highest BCUT2D eigenvalue weighted by molar-refractivity contribution is 8.22. The molecule has 0 saturated heterocycles. The van der Waals surface area contributed by atoms with Gasteiger partial charge in [0, 0.05) is 29.6 Å². The highest BCUT2D eigenvalue weighted by Gasteiger charge is 2.32. The Labute approximate surface area is 193 Å². The summed E-state index contributed by atoms with van der Waals surface area (Å²) in [5.74, 6) is 0.511. The molecule has 166 valence electrons. The number of fused-ring (bicyclic) bond motifs is 1. The molecule has 0 N–H and O–H groups in total. The van der Waals surface area contributed by atoms with Gasteiger partial charge in [-0.05, 0) is 37.5 Å². The maximum atomic E-state index is 13.0. The number of ether oxygens (including phenoxy) is 2. The van der Waals surface area contributed by atoms with E-state index in [0.29, 0.717) is 31.7 Å². The summed E-state index contributed by atoms with van der Waals surface area (Å²) in [7, 11) is 5.58. The molecule has 0 aliphatic carbocycles. The van der Waals surface area contributed by atoms with Gasteiger partial charge in [-0.2, -0.15) is 0 Å². The van der Waals surface area contributed by atoms with Crippen molar-refractivity contribution in [3.8, 4) is 5.75 Å². The first-order valence-corrected chi connectivity index (χ1v) is 11.3. The second-order valence-electron chi connectivity index (χ2n) is 7.84. The quantitative estimate of drug-likeness (QED) is 0.568. The molecule has 0 fully saturated rings. The van der Waals surface area contributed by atoms with Crippen molar-refractivity contribution in [2.24, 2.45) is 4.99 Å². The Balaban J connectivity index is 1.61. The van der Waals surface area contributed by atoms with Crippen LogP contribution in [0, 0.1) is 0 Å². The molecule has 0 saturated carbocycles. The van der Waals surface area contributed by atoms with Crippen LogP contribution in [0.4, 0.5) is 0 Å². The van der Waals surface area contributed by atoms with Crippen molar-refractivity contribution in [1.82, 2.24) is 9.80 Å². The molecule has 32 heavy (non-hydrogen) atoms. The summed E-state index contributed by atoms with van der Waals surface area (Å²) in [6.45, 7) is 1.47. The minimum Gasteiger partial charge on any atom is -0.496 e. The monoisotopic (exact) mass is 449 g/mol. The summed E-state index contributed by atoms with van der Waals surface area (Å²) >= 11 is 1.59. The number of carbonyl (C=O) groups excluding carboxylic acids is 1. The lowest BCUT2D eigenvalue weighted by atomic mass is 10.0. The maximum absolute atomic E-state index is 13.0. The fourth-order valence-corrected chi connectivity index (χ4v) is 4.57. The van der Waals surface area contributed by atoms with Gasteiger partial charge in [0.05, 0.1) is 24.9 Å². The van der Waals surface area contributed by atoms with Gasteiger partial charge in [-0.15, -0.1) is 0 Å². The van der Waals surface area contributed by atoms with Gasteiger partial charge in [-0.25, -0.2) is 9.79 Å². The Bertz CT molecular complexity index is 1080. The van der Waals surface area contributed by atoms with E-state index < -0.39 is 0 Å². The Morgan fingerprint density at radius 2 is 1.88 bits per heavy atom. The van der Waals surface area contributed by atoms with Crippen molar-refractivity contribution >= 4 is 27.8 Å². The van der Waals surface area contributed by atoms with E-state index in [-0.39, 0.29) is 5.97 Å². The summed E-state index contributed by atoms with van der Waals surface area (Å²) < 4.78 is 11.1. The largest absolute Gasteiger partial charge is 0.496 e. The molecule has 7 heteroatoms. The number of esters is 1. The van der Waals surface area contributed by atoms with Crippen molar-refractivity contribution in [2.75, 3.05) is 40.9 Å². The standard InChI is InChI=1S/C25H27N3O3S/c1-27(2)13-14-31-24(29)20-16-28-17-23(19-11-7-8-12-22(19)30-3)32-25(28)26-21(20)15-18-9-5-4-6-10-18/h4-12,17H,13-16H2,1-3H3. The number of hydrogen-bond acceptors (Lipinski definition) is 7. The van der Waals surface area contributed by atoms with Gasteiger partial charge in [0.25, 0.3) is 0 Å². The molecule has 2 aromatic carbocycles. The van der Waals surface area contributed by atoms with Crippen LogP contribution in [0.1, 0.15) is 11.1 Å². The van der Waals surface area contributed by atoms with Gasteiger partial charge in [0.15, 0.2) is 5.17 Å². The van der Waals surface area contributed by atoms with E-state index >= 15 is 0 Å². The highest BCUT2D eigenvalue weighted by Crippen LogP contribution is 2.42. The number of likely N-dealkylation sites (N-methyl/N-ethyl adjacent to an activating group) is 1. The first-order valence-electron chi connectivity index (χ1n) is 10.5. The van der Waals surface area contributed by atoms with Crippen LogP contribution in [0.25, 0.3) is 4.91 Å². The molecule has 2 aliphatic heterocycles. The predicted molar refractivity (Wildman–Crippen MR) is 129 cm³/mol. The summed E-state index contributed by atoms with van der Waals surface area (Å²) in [6.07, 6.45) is 2.62. The van der Waals surface area contributed by atoms with E-state index in [0.717, 1.165) is 32.6 Å². The van der Waals surface area contributed by atoms with Crippen molar-refractivity contribution < 1.29 is 14.3 Å². The summed E-state index contributed by atoms with van der Waals surface area (Å²) in [5.41, 5.74) is 3.49. The van der Waals surface area contributed by atoms with Crippen LogP contribution in [0.3, 0.4) is 0 Å². The molecule has 0 amide bonds. The molecule has 0 spiro atoms. The predicted octanol–water partition coefficient (Wildman–Crippen LogP) is 4.01. The van der Waals surface area contributed by atoms with Crippen molar-refractivity contribution in [3.63, 3.8) is 0 Å². The third kappa shape index (κ3) is 5.06. The van der Waals surface area contributed by atoms with Gasteiger partial charge in [-0.3, -0.25) is 0 Å². The average molecular weight is 450 g/mol. The smallest absolute Gasteiger partial charge is 0.337 e. The number of carbonyl (C=O) groups is 1. The summed E-state index contributed by atoms with van der Waals surface area (Å²) in [6, 6.07) is 18.0. The minimum atomic E-state index is -0.301. The minimum absolute atomic E-state index is 0.301. The molecule has 4 rings (SSSR count). The van der Waals surface area contributed by atoms with Crippen LogP contribution >= 0.6 is 11.8 Å². The van der Waals surface area contributed by atoms with Gasteiger partial charge in [0.1, 0.15) is 12.4 Å². The van der Waals surface area contributed by atoms with Crippen LogP contribution in [0.15, 0.2) is 77.1 Å². The van der Waals surface area contributed by atoms with Crippen LogP contribution in [0.5, 0.6) is 5.75 Å². The van der Waals surface area contributed by atoms with E-state index in [2.05, 4.69) is 12.1 Å². The Hall–Kier alpha value is -3.03. The molecule has 2 aliphatic rings. The SMILES string of the molecule is COc1ccccc1C1=CN2CC(C(=O)OCCN(C)C)=C(Cc3ccccc3)N=C2S1. The Kier molecular flexibility index (Phi) is 6.97. The molecule has 0 atom stereocenters. The third-order valence-electron chi connectivity index (χ3n) is 5.23. The molecule has 0 unspecified atom stereocenters. The lowest BCUT2D eigenvalue weighted by Crippen LogP contribution is -2.31. The molecule has 0 aromatic heterocycles. The number of allylic oxidation sites excluding steroid dienone is 1. The van der Waals surface area contributed by atoms with Crippen LogP contribution in [-0.2, 0) is 16.0 Å². The fraction of sp³-hybridized carbons (Fsp3) is 0.280. The van der Waals surface area contributed by atoms with Crippen LogP contribution in [0.2, 0.25) is 0 Å². The van der Waals surface area contributed by atoms with E-state index in [9.17, 15) is 4.79 Å². The van der Waals surface area contributed by atoms with Crippen LogP contribution in [-0.4, -0.2) is 61.8 Å². The number of methoxy groups -OCH3 is 1. The molecular weight excluding hydrogens is 422 g/mol. The fourth-order valence-electron chi connectivity index (χ4n) is 3.52. The zero-order valence-corrected chi connectivity index (χ0v) is 19.4. The van der Waals surface area contributed by atoms with Crippen LogP contribution < -0.4 is 4.74 Å². The molecular formula is C25H27N3O3S. The number of benzene rings is 2. The number of rotatable bonds is 8. The second-order valence-corrected chi connectivity index (χ2v) is 8.85. The van der Waals surface area contributed by atoms with Crippen molar-refractivity contribution in [1.29, 1.82) is 0 Å². The molecule has 0 radical (unpaired) electrons. The van der Waals surface area contributed by atoms with E-state index in [1.807, 2.05) is 72.6 Å². The topological polar surface area (TPSA) is 54.4 Å². The Morgan fingerprint density at radius 3 is 2.62 bits per heavy atom. The van der Waals surface area contributed by atoms with Crippen molar-refractivity contribution in [3.05, 3.63) is 83.2 Å². The van der Waals surface area contributed by atoms with Crippen molar-refractivity contribution in [2.45, 2.75) is 6.42 Å². The number of para-hydroxylation sites is 1. The normalized spacial score (nSPS) is 15.4. The number of nitrogens with zero attached hydrogens (tertiary/aromatic N) is 3.